The molecule has 0 aliphatic heterocycles. The fraction of sp³-hybridized carbons (Fsp3) is 0.595. The van der Waals surface area contributed by atoms with Crippen molar-refractivity contribution in [1.29, 1.82) is 0 Å². The number of esters is 6. The van der Waals surface area contributed by atoms with Gasteiger partial charge in [-0.15, -0.1) is 0 Å². The van der Waals surface area contributed by atoms with Gasteiger partial charge in [-0.05, 0) is 43.4 Å². The van der Waals surface area contributed by atoms with Gasteiger partial charge in [-0.2, -0.15) is 0 Å². The van der Waals surface area contributed by atoms with E-state index in [2.05, 4.69) is 0 Å². The second kappa shape index (κ2) is 13.2. The van der Waals surface area contributed by atoms with Crippen molar-refractivity contribution in [2.24, 2.45) is 22.7 Å². The minimum atomic E-state index is -2.28. The van der Waals surface area contributed by atoms with Crippen molar-refractivity contribution in [3.8, 4) is 0 Å². The van der Waals surface area contributed by atoms with Crippen LogP contribution in [-0.4, -0.2) is 88.9 Å². The molecule has 51 heavy (non-hydrogen) atoms. The molecule has 4 aliphatic rings. The molecule has 1 aromatic rings. The average Bonchev–Trinajstić information content (AvgIpc) is 3.41. The largest absolute Gasteiger partial charge is 0.458 e. The molecule has 1 aromatic carbocycles. The molecular weight excluding hydrogens is 668 g/mol. The second-order valence-corrected chi connectivity index (χ2v) is 15.0. The summed E-state index contributed by atoms with van der Waals surface area (Å²) in [7, 11) is 0. The van der Waals surface area contributed by atoms with Gasteiger partial charge in [-0.3, -0.25) is 24.0 Å². The van der Waals surface area contributed by atoms with Crippen LogP contribution in [0.5, 0.6) is 0 Å². The topological polar surface area (TPSA) is 195 Å². The number of ether oxygens (including phenoxy) is 6. The highest BCUT2D eigenvalue weighted by Gasteiger charge is 2.80. The Bertz CT molecular complexity index is 1700. The minimum Gasteiger partial charge on any atom is -0.458 e. The van der Waals surface area contributed by atoms with Crippen LogP contribution in [0.25, 0.3) is 0 Å². The van der Waals surface area contributed by atoms with Crippen LogP contribution in [0, 0.1) is 22.7 Å². The van der Waals surface area contributed by atoms with Crippen molar-refractivity contribution in [2.45, 2.75) is 110 Å². The van der Waals surface area contributed by atoms with Crippen LogP contribution < -0.4 is 0 Å². The van der Waals surface area contributed by atoms with Gasteiger partial charge < -0.3 is 33.5 Å². The predicted molar refractivity (Wildman–Crippen MR) is 173 cm³/mol. The Morgan fingerprint density at radius 3 is 1.98 bits per heavy atom. The van der Waals surface area contributed by atoms with Crippen molar-refractivity contribution >= 4 is 41.6 Å². The molecule has 9 atom stereocenters. The van der Waals surface area contributed by atoms with Gasteiger partial charge in [0.05, 0.1) is 16.9 Å². The van der Waals surface area contributed by atoms with Crippen LogP contribution in [0.2, 0.25) is 0 Å². The van der Waals surface area contributed by atoms with Crippen LogP contribution in [0.3, 0.4) is 0 Å². The first-order chi connectivity index (χ1) is 23.7. The Hall–Kier alpha value is -4.59. The van der Waals surface area contributed by atoms with E-state index in [9.17, 15) is 38.7 Å². The SMILES string of the molecule is CC(=O)OCC(=O)O[C@@H]1[C@H]2[C@@H](OC(=O)c3ccccc3)[C@@H](C)C[C@]2(O)[C@H](OC(C)=O)[C@@]2(C)C3=C(C[C@]1(OC(C)=O)[C@@H]2OC(C)=O)C(=O)C(C)(C)C3. The fourth-order valence-corrected chi connectivity index (χ4v) is 9.06. The van der Waals surface area contributed by atoms with Gasteiger partial charge in [-0.25, -0.2) is 9.59 Å². The zero-order chi connectivity index (χ0) is 37.8. The summed E-state index contributed by atoms with van der Waals surface area (Å²) in [4.78, 5) is 92.4. The number of benzene rings is 1. The van der Waals surface area contributed by atoms with Crippen molar-refractivity contribution in [3.05, 3.63) is 47.0 Å². The molecule has 0 radical (unpaired) electrons. The quantitative estimate of drug-likeness (QED) is 0.305. The molecule has 0 aromatic heterocycles. The lowest BCUT2D eigenvalue weighted by Gasteiger charge is -2.54. The second-order valence-electron chi connectivity index (χ2n) is 15.0. The van der Waals surface area contributed by atoms with Crippen LogP contribution >= 0.6 is 0 Å². The summed E-state index contributed by atoms with van der Waals surface area (Å²) in [5.41, 5.74) is -6.58. The predicted octanol–water partition coefficient (Wildman–Crippen LogP) is 2.96. The van der Waals surface area contributed by atoms with Crippen molar-refractivity contribution in [1.82, 2.24) is 0 Å². The summed E-state index contributed by atoms with van der Waals surface area (Å²) in [6, 6.07) is 8.00. The van der Waals surface area contributed by atoms with Crippen molar-refractivity contribution in [2.75, 3.05) is 6.61 Å². The molecule has 5 rings (SSSR count). The first-order valence-electron chi connectivity index (χ1n) is 16.8. The van der Waals surface area contributed by atoms with E-state index in [0.717, 1.165) is 27.7 Å². The maximum absolute atomic E-state index is 14.2. The molecule has 14 heteroatoms. The van der Waals surface area contributed by atoms with Crippen LogP contribution in [0.15, 0.2) is 41.5 Å². The third-order valence-corrected chi connectivity index (χ3v) is 10.7. The highest BCUT2D eigenvalue weighted by molar-refractivity contribution is 6.04. The molecule has 0 heterocycles. The van der Waals surface area contributed by atoms with E-state index in [1.807, 2.05) is 0 Å². The first kappa shape index (κ1) is 37.7. The number of hydrogen-bond acceptors (Lipinski definition) is 14. The Morgan fingerprint density at radius 2 is 1.41 bits per heavy atom. The van der Waals surface area contributed by atoms with Gasteiger partial charge in [0.15, 0.2) is 30.2 Å². The molecule has 0 spiro atoms. The van der Waals surface area contributed by atoms with Crippen molar-refractivity contribution in [3.63, 3.8) is 0 Å². The minimum absolute atomic E-state index is 0.100. The molecule has 0 saturated heterocycles. The summed E-state index contributed by atoms with van der Waals surface area (Å²) in [6.07, 6.45) is -6.99. The van der Waals surface area contributed by atoms with E-state index in [-0.39, 0.29) is 29.8 Å². The number of carbonyl (C=O) groups is 7. The number of ketones is 1. The molecule has 276 valence electrons. The van der Waals surface area contributed by atoms with E-state index in [4.69, 9.17) is 28.4 Å². The molecular formula is C37H44O14. The summed E-state index contributed by atoms with van der Waals surface area (Å²) in [5.74, 6) is -7.95. The number of rotatable bonds is 8. The number of Topliss-reactive ketones (excluding diaryl/α,β-unsaturated/α-hetero) is 1. The summed E-state index contributed by atoms with van der Waals surface area (Å²) in [5, 5.41) is 13.2. The Kier molecular flexibility index (Phi) is 9.74. The first-order valence-corrected chi connectivity index (χ1v) is 16.8. The number of aliphatic hydroxyl groups is 1. The van der Waals surface area contributed by atoms with Crippen LogP contribution in [-0.2, 0) is 57.2 Å². The molecule has 2 fully saturated rings. The molecule has 14 nitrogen and oxygen atoms in total. The summed E-state index contributed by atoms with van der Waals surface area (Å²) >= 11 is 0. The maximum Gasteiger partial charge on any atom is 0.344 e. The lowest BCUT2D eigenvalue weighted by molar-refractivity contribution is -0.239. The molecule has 2 saturated carbocycles. The number of carbonyl (C=O) groups excluding carboxylic acids is 7. The molecule has 0 amide bonds. The average molecular weight is 713 g/mol. The van der Waals surface area contributed by atoms with E-state index in [1.165, 1.54) is 12.1 Å². The van der Waals surface area contributed by atoms with E-state index < -0.39 is 107 Å². The normalized spacial score (nSPS) is 34.6. The van der Waals surface area contributed by atoms with Gasteiger partial charge in [0, 0.05) is 45.1 Å². The lowest BCUT2D eigenvalue weighted by atomic mass is 9.59. The summed E-state index contributed by atoms with van der Waals surface area (Å²) in [6.45, 7) is 10.1. The number of hydrogen-bond donors (Lipinski definition) is 1. The van der Waals surface area contributed by atoms with Gasteiger partial charge >= 0.3 is 35.8 Å². The number of fused-ring (bicyclic) bond motifs is 4. The van der Waals surface area contributed by atoms with Crippen LogP contribution in [0.4, 0.5) is 0 Å². The van der Waals surface area contributed by atoms with Gasteiger partial charge in [0.1, 0.15) is 17.8 Å². The zero-order valence-electron chi connectivity index (χ0n) is 29.9. The third-order valence-electron chi connectivity index (χ3n) is 10.7. The smallest absolute Gasteiger partial charge is 0.344 e. The van der Waals surface area contributed by atoms with E-state index >= 15 is 0 Å². The van der Waals surface area contributed by atoms with E-state index in [0.29, 0.717) is 5.57 Å². The fourth-order valence-electron chi connectivity index (χ4n) is 9.06. The van der Waals surface area contributed by atoms with Gasteiger partial charge in [0.2, 0.25) is 0 Å². The highest BCUT2D eigenvalue weighted by atomic mass is 16.6. The van der Waals surface area contributed by atoms with Crippen molar-refractivity contribution < 1.29 is 67.1 Å². The van der Waals surface area contributed by atoms with Gasteiger partial charge in [-0.1, -0.05) is 39.0 Å². The Balaban J connectivity index is 1.86. The molecule has 2 bridgehead atoms. The standard InChI is InChI=1S/C37H44O14/c1-18-14-36(45)27(28(18)50-31(44)23-12-10-9-11-13-23)30(49-26(42)17-46-19(2)38)37(51-22(5)41)15-24-25(16-34(6,7)29(24)43)35(8,32(36)47-20(3)39)33(37)48-21(4)40/h9-13,18,27-28,30,32-33,45H,14-17H2,1-8H3/t18-,27+,28-,30+,32+,33+,35+,36+,37+/m0/s1. The third kappa shape index (κ3) is 6.31. The lowest BCUT2D eigenvalue weighted by Crippen LogP contribution is -2.67. The zero-order valence-corrected chi connectivity index (χ0v) is 29.9. The Labute approximate surface area is 295 Å². The molecule has 0 unspecified atom stereocenters. The maximum atomic E-state index is 14.2. The highest BCUT2D eigenvalue weighted by Crippen LogP contribution is 2.67. The summed E-state index contributed by atoms with van der Waals surface area (Å²) < 4.78 is 35.4. The van der Waals surface area contributed by atoms with Crippen LogP contribution in [0.1, 0.15) is 85.0 Å². The monoisotopic (exact) mass is 712 g/mol. The Morgan fingerprint density at radius 1 is 0.804 bits per heavy atom. The molecule has 1 N–H and O–H groups in total. The van der Waals surface area contributed by atoms with E-state index in [1.54, 1.807) is 45.9 Å². The molecule has 4 aliphatic carbocycles. The van der Waals surface area contributed by atoms with Gasteiger partial charge in [0.25, 0.3) is 0 Å².